The van der Waals surface area contributed by atoms with Gasteiger partial charge in [-0.15, -0.1) is 0 Å². The minimum absolute atomic E-state index is 0.0499. The van der Waals surface area contributed by atoms with E-state index in [2.05, 4.69) is 30.9 Å². The number of halogens is 5. The number of hydrazone groups is 1. The van der Waals surface area contributed by atoms with E-state index in [1.807, 2.05) is 0 Å². The number of benzene rings is 2. The molecule has 1 aliphatic rings. The van der Waals surface area contributed by atoms with Crippen molar-refractivity contribution in [3.8, 4) is 5.75 Å². The maximum Gasteiger partial charge on any atom is 0.435 e. The highest BCUT2D eigenvalue weighted by atomic mass is 35.5. The molecule has 0 unspecified atom stereocenters. The van der Waals surface area contributed by atoms with Crippen LogP contribution in [0.1, 0.15) is 33.6 Å². The van der Waals surface area contributed by atoms with Gasteiger partial charge in [0.15, 0.2) is 17.3 Å². The zero-order valence-electron chi connectivity index (χ0n) is 19.2. The van der Waals surface area contributed by atoms with Crippen LogP contribution in [0, 0.1) is 12.7 Å². The van der Waals surface area contributed by atoms with Gasteiger partial charge >= 0.3 is 6.18 Å². The average molecular weight is 536 g/mol. The quantitative estimate of drug-likeness (QED) is 0.261. The summed E-state index contributed by atoms with van der Waals surface area (Å²) in [5.74, 6) is -2.67. The van der Waals surface area contributed by atoms with Crippen molar-refractivity contribution in [1.82, 2.24) is 20.5 Å². The summed E-state index contributed by atoms with van der Waals surface area (Å²) in [5.41, 5.74) is 2.26. The first kappa shape index (κ1) is 25.8. The second-order valence-electron chi connectivity index (χ2n) is 7.95. The first-order chi connectivity index (χ1) is 17.4. The Morgan fingerprint density at radius 1 is 1.24 bits per heavy atom. The molecule has 1 amide bonds. The van der Waals surface area contributed by atoms with E-state index in [0.29, 0.717) is 27.5 Å². The number of aromatic hydroxyl groups is 1. The van der Waals surface area contributed by atoms with E-state index < -0.39 is 34.9 Å². The minimum Gasteiger partial charge on any atom is -0.505 e. The van der Waals surface area contributed by atoms with E-state index in [4.69, 9.17) is 11.6 Å². The molecule has 0 saturated heterocycles. The van der Waals surface area contributed by atoms with Crippen LogP contribution in [-0.4, -0.2) is 38.3 Å². The van der Waals surface area contributed by atoms with Gasteiger partial charge in [-0.05, 0) is 42.8 Å². The van der Waals surface area contributed by atoms with Crippen LogP contribution in [0.2, 0.25) is 5.02 Å². The molecule has 0 bridgehead atoms. The normalized spacial score (nSPS) is 15.1. The standard InChI is InChI=1S/C23H18ClF4N7O2/c1-11-3-5-13(24)8-16(11)29-22(31-21(37)14-10-35(2)34-20(14)23(26,27)28)30-19-9-17(32-33-19)12-4-6-18(36)15(25)7-12/h3-8,10,36H,9H2,1-2H3,(H2,29,30,31,33,37). The maximum absolute atomic E-state index is 13.8. The number of nitrogens with zero attached hydrogens (tertiary/aromatic N) is 5. The van der Waals surface area contributed by atoms with Crippen molar-refractivity contribution in [2.45, 2.75) is 19.5 Å². The number of aryl methyl sites for hydroxylation is 2. The number of hydrogen-bond acceptors (Lipinski definition) is 5. The Kier molecular flexibility index (Phi) is 6.99. The number of aromatic nitrogens is 2. The maximum atomic E-state index is 13.8. The molecule has 14 heteroatoms. The highest BCUT2D eigenvalue weighted by Crippen LogP contribution is 2.30. The monoisotopic (exact) mass is 535 g/mol. The lowest BCUT2D eigenvalue weighted by molar-refractivity contribution is -0.141. The molecule has 0 radical (unpaired) electrons. The highest BCUT2D eigenvalue weighted by molar-refractivity contribution is 6.30. The van der Waals surface area contributed by atoms with Crippen molar-refractivity contribution in [1.29, 1.82) is 0 Å². The van der Waals surface area contributed by atoms with Crippen molar-refractivity contribution in [3.05, 3.63) is 75.8 Å². The molecule has 0 spiro atoms. The van der Waals surface area contributed by atoms with Gasteiger partial charge in [0.1, 0.15) is 5.84 Å². The predicted molar refractivity (Wildman–Crippen MR) is 129 cm³/mol. The van der Waals surface area contributed by atoms with Crippen molar-refractivity contribution in [2.24, 2.45) is 22.1 Å². The Morgan fingerprint density at radius 2 is 2.00 bits per heavy atom. The fourth-order valence-corrected chi connectivity index (χ4v) is 3.51. The van der Waals surface area contributed by atoms with Crippen LogP contribution in [-0.2, 0) is 13.2 Å². The Labute approximate surface area is 212 Å². The summed E-state index contributed by atoms with van der Waals surface area (Å²) in [5, 5.41) is 19.4. The molecule has 0 aliphatic carbocycles. The van der Waals surface area contributed by atoms with Crippen LogP contribution >= 0.6 is 11.6 Å². The summed E-state index contributed by atoms with van der Waals surface area (Å²) in [4.78, 5) is 21.4. The van der Waals surface area contributed by atoms with E-state index in [9.17, 15) is 27.5 Å². The smallest absolute Gasteiger partial charge is 0.435 e. The molecule has 192 valence electrons. The largest absolute Gasteiger partial charge is 0.505 e. The zero-order valence-corrected chi connectivity index (χ0v) is 20.0. The number of phenolic OH excluding ortho intramolecular Hbond substituents is 1. The van der Waals surface area contributed by atoms with Crippen LogP contribution in [0.25, 0.3) is 0 Å². The molecular formula is C23H18ClF4N7O2. The van der Waals surface area contributed by atoms with E-state index in [1.165, 1.54) is 25.2 Å². The number of amides is 1. The molecule has 37 heavy (non-hydrogen) atoms. The molecule has 9 nitrogen and oxygen atoms in total. The minimum atomic E-state index is -4.87. The summed E-state index contributed by atoms with van der Waals surface area (Å²) in [6.07, 6.45) is -3.88. The van der Waals surface area contributed by atoms with E-state index >= 15 is 0 Å². The predicted octanol–water partition coefficient (Wildman–Crippen LogP) is 4.46. The van der Waals surface area contributed by atoms with Crippen molar-refractivity contribution < 1.29 is 27.5 Å². The lowest BCUT2D eigenvalue weighted by Crippen LogP contribution is -2.32. The molecule has 0 atom stereocenters. The van der Waals surface area contributed by atoms with Crippen LogP contribution < -0.4 is 10.7 Å². The summed E-state index contributed by atoms with van der Waals surface area (Å²) < 4.78 is 54.8. The molecule has 3 aromatic rings. The SMILES string of the molecule is Cc1ccc(Cl)cc1N=C(N=C1CC(c2ccc(O)c(F)c2)=NN1)NC(=O)c1cn(C)nc1C(F)(F)F. The molecule has 2 aromatic carbocycles. The van der Waals surface area contributed by atoms with Crippen molar-refractivity contribution in [2.75, 3.05) is 0 Å². The molecule has 1 aliphatic heterocycles. The summed E-state index contributed by atoms with van der Waals surface area (Å²) in [6, 6.07) is 8.51. The number of aliphatic imine (C=N–C) groups is 2. The summed E-state index contributed by atoms with van der Waals surface area (Å²) in [6.45, 7) is 1.72. The van der Waals surface area contributed by atoms with Gasteiger partial charge in [0.2, 0.25) is 5.96 Å². The third-order valence-corrected chi connectivity index (χ3v) is 5.38. The van der Waals surface area contributed by atoms with E-state index in [-0.39, 0.29) is 18.2 Å². The molecule has 3 N–H and O–H groups in total. The first-order valence-corrected chi connectivity index (χ1v) is 10.9. The van der Waals surface area contributed by atoms with Gasteiger partial charge in [0, 0.05) is 23.8 Å². The van der Waals surface area contributed by atoms with Crippen LogP contribution in [0.3, 0.4) is 0 Å². The van der Waals surface area contributed by atoms with Gasteiger partial charge in [-0.3, -0.25) is 20.2 Å². The van der Waals surface area contributed by atoms with Crippen LogP contribution in [0.5, 0.6) is 5.75 Å². The molecule has 0 saturated carbocycles. The number of carbonyl (C=O) groups excluding carboxylic acids is 1. The third-order valence-electron chi connectivity index (χ3n) is 5.14. The van der Waals surface area contributed by atoms with Gasteiger partial charge < -0.3 is 5.11 Å². The van der Waals surface area contributed by atoms with E-state index in [1.54, 1.807) is 19.1 Å². The van der Waals surface area contributed by atoms with Crippen LogP contribution in [0.4, 0.5) is 23.2 Å². The van der Waals surface area contributed by atoms with E-state index in [0.717, 1.165) is 16.9 Å². The molecule has 4 rings (SSSR count). The number of guanidine groups is 1. The molecule has 0 fully saturated rings. The number of phenols is 1. The highest BCUT2D eigenvalue weighted by Gasteiger charge is 2.39. The molecule has 2 heterocycles. The summed E-state index contributed by atoms with van der Waals surface area (Å²) in [7, 11) is 1.25. The van der Waals surface area contributed by atoms with Crippen LogP contribution in [0.15, 0.2) is 57.7 Å². The number of carbonyl (C=O) groups is 1. The lowest BCUT2D eigenvalue weighted by atomic mass is 10.1. The average Bonchev–Trinajstić information content (AvgIpc) is 3.45. The molecule has 1 aromatic heterocycles. The lowest BCUT2D eigenvalue weighted by Gasteiger charge is -2.09. The second kappa shape index (κ2) is 10.0. The Hall–Kier alpha value is -4.26. The van der Waals surface area contributed by atoms with Crippen molar-refractivity contribution >= 4 is 40.7 Å². The van der Waals surface area contributed by atoms with Gasteiger partial charge in [-0.1, -0.05) is 17.7 Å². The number of nitrogens with one attached hydrogen (secondary N) is 2. The summed E-state index contributed by atoms with van der Waals surface area (Å²) >= 11 is 6.05. The van der Waals surface area contributed by atoms with Gasteiger partial charge in [0.05, 0.1) is 23.4 Å². The van der Waals surface area contributed by atoms with Gasteiger partial charge in [-0.25, -0.2) is 9.38 Å². The van der Waals surface area contributed by atoms with Gasteiger partial charge in [0.25, 0.3) is 5.91 Å². The first-order valence-electron chi connectivity index (χ1n) is 10.6. The number of hydrogen-bond donors (Lipinski definition) is 3. The second-order valence-corrected chi connectivity index (χ2v) is 8.39. The fraction of sp³-hybridized carbons (Fsp3) is 0.174. The van der Waals surface area contributed by atoms with Crippen molar-refractivity contribution in [3.63, 3.8) is 0 Å². The number of amidine groups is 1. The zero-order chi connectivity index (χ0) is 26.9. The number of rotatable bonds is 3. The number of alkyl halides is 3. The topological polar surface area (TPSA) is 116 Å². The van der Waals surface area contributed by atoms with Gasteiger partial charge in [-0.2, -0.15) is 28.4 Å². The molecular weight excluding hydrogens is 518 g/mol. The Morgan fingerprint density at radius 3 is 2.70 bits per heavy atom. The Bertz CT molecular complexity index is 1480. The fourth-order valence-electron chi connectivity index (χ4n) is 3.35. The third kappa shape index (κ3) is 5.94. The Balaban J connectivity index is 1.67.